The molecule has 1 unspecified atom stereocenters. The van der Waals surface area contributed by atoms with E-state index in [0.717, 1.165) is 37.2 Å². The molecule has 0 spiro atoms. The lowest BCUT2D eigenvalue weighted by molar-refractivity contribution is -0.192. The smallest absolute Gasteiger partial charge is 0.475 e. The molecule has 0 aromatic heterocycles. The van der Waals surface area contributed by atoms with E-state index in [-0.39, 0.29) is 17.4 Å². The summed E-state index contributed by atoms with van der Waals surface area (Å²) in [6.45, 7) is 5.25. The van der Waals surface area contributed by atoms with E-state index in [2.05, 4.69) is 10.6 Å². The minimum absolute atomic E-state index is 0.0943. The van der Waals surface area contributed by atoms with E-state index in [1.165, 1.54) is 0 Å². The van der Waals surface area contributed by atoms with Gasteiger partial charge in [-0.25, -0.2) is 9.59 Å². The molecular formula is C19H24F3N3O5. The first kappa shape index (κ1) is 23.5. The summed E-state index contributed by atoms with van der Waals surface area (Å²) in [4.78, 5) is 34.4. The molecule has 2 heterocycles. The molecule has 0 saturated carbocycles. The largest absolute Gasteiger partial charge is 0.490 e. The van der Waals surface area contributed by atoms with E-state index >= 15 is 0 Å². The highest BCUT2D eigenvalue weighted by molar-refractivity contribution is 5.89. The van der Waals surface area contributed by atoms with Crippen molar-refractivity contribution in [3.05, 3.63) is 29.8 Å². The minimum atomic E-state index is -5.08. The lowest BCUT2D eigenvalue weighted by atomic mass is 9.82. The molecule has 8 nitrogen and oxygen atoms in total. The Balaban J connectivity index is 0.000000396. The number of cyclic esters (lactones) is 1. The van der Waals surface area contributed by atoms with E-state index in [9.17, 15) is 22.8 Å². The van der Waals surface area contributed by atoms with Gasteiger partial charge in [0, 0.05) is 18.8 Å². The number of rotatable bonds is 4. The van der Waals surface area contributed by atoms with Crippen molar-refractivity contribution in [2.24, 2.45) is 5.41 Å². The fourth-order valence-corrected chi connectivity index (χ4v) is 3.07. The Hall–Kier alpha value is -2.82. The molecular weight excluding hydrogens is 407 g/mol. The van der Waals surface area contributed by atoms with Gasteiger partial charge in [-0.05, 0) is 44.0 Å². The zero-order chi connectivity index (χ0) is 22.4. The first-order valence-electron chi connectivity index (χ1n) is 9.35. The zero-order valence-corrected chi connectivity index (χ0v) is 16.4. The first-order chi connectivity index (χ1) is 14.0. The van der Waals surface area contributed by atoms with Gasteiger partial charge in [-0.2, -0.15) is 13.2 Å². The highest BCUT2D eigenvalue weighted by Crippen LogP contribution is 2.26. The van der Waals surface area contributed by atoms with Crippen molar-refractivity contribution in [1.82, 2.24) is 10.6 Å². The number of piperidine rings is 1. The van der Waals surface area contributed by atoms with Crippen LogP contribution < -0.4 is 15.5 Å². The van der Waals surface area contributed by atoms with Crippen LogP contribution in [0.2, 0.25) is 0 Å². The quantitative estimate of drug-likeness (QED) is 0.675. The van der Waals surface area contributed by atoms with Gasteiger partial charge in [0.1, 0.15) is 6.61 Å². The molecule has 2 aliphatic heterocycles. The molecule has 1 aromatic rings. The molecule has 3 N–H and O–H groups in total. The number of hydrogen-bond acceptors (Lipinski definition) is 5. The Morgan fingerprint density at radius 3 is 2.40 bits per heavy atom. The van der Waals surface area contributed by atoms with Gasteiger partial charge in [-0.3, -0.25) is 9.69 Å². The number of benzene rings is 1. The standard InChI is InChI=1S/C17H23N3O3.C2HF3O2/c1-17(7-2-8-18-12-17)15(21)19-11-13-3-5-14(6-4-13)20-9-10-23-16(20)22;3-2(4,5)1(6)7/h3-6,18H,2,7-12H2,1H3,(H,19,21);(H,6,7). The number of nitrogens with zero attached hydrogens (tertiary/aromatic N) is 1. The van der Waals surface area contributed by atoms with Crippen LogP contribution in [-0.2, 0) is 20.9 Å². The van der Waals surface area contributed by atoms with Crippen LogP contribution in [0.1, 0.15) is 25.3 Å². The second-order valence-electron chi connectivity index (χ2n) is 7.26. The Morgan fingerprint density at radius 1 is 1.30 bits per heavy atom. The number of hydrogen-bond donors (Lipinski definition) is 3. The molecule has 11 heteroatoms. The van der Waals surface area contributed by atoms with Crippen LogP contribution in [0.4, 0.5) is 23.7 Å². The van der Waals surface area contributed by atoms with E-state index in [1.807, 2.05) is 31.2 Å². The van der Waals surface area contributed by atoms with Crippen molar-refractivity contribution in [2.75, 3.05) is 31.1 Å². The number of amides is 2. The number of ether oxygens (including phenoxy) is 1. The van der Waals surface area contributed by atoms with Gasteiger partial charge >= 0.3 is 18.2 Å². The predicted molar refractivity (Wildman–Crippen MR) is 101 cm³/mol. The molecule has 1 atom stereocenters. The fourth-order valence-electron chi connectivity index (χ4n) is 3.07. The number of carbonyl (C=O) groups excluding carboxylic acids is 2. The molecule has 0 bridgehead atoms. The summed E-state index contributed by atoms with van der Waals surface area (Å²) in [5.74, 6) is -2.66. The summed E-state index contributed by atoms with van der Waals surface area (Å²) in [6, 6.07) is 7.64. The SMILES string of the molecule is CC1(C(=O)NCc2ccc(N3CCOC3=O)cc2)CCCNC1.O=C(O)C(F)(F)F. The average Bonchev–Trinajstić information content (AvgIpc) is 3.12. The lowest BCUT2D eigenvalue weighted by Gasteiger charge is -2.32. The molecule has 1 aromatic carbocycles. The summed E-state index contributed by atoms with van der Waals surface area (Å²) in [5.41, 5.74) is 1.52. The molecule has 2 aliphatic rings. The summed E-state index contributed by atoms with van der Waals surface area (Å²) in [6.07, 6.45) is -3.43. The molecule has 0 radical (unpaired) electrons. The highest BCUT2D eigenvalue weighted by atomic mass is 19.4. The molecule has 30 heavy (non-hydrogen) atoms. The maximum atomic E-state index is 12.4. The maximum Gasteiger partial charge on any atom is 0.490 e. The number of carboxylic acid groups (broad SMARTS) is 1. The van der Waals surface area contributed by atoms with Gasteiger partial charge in [-0.1, -0.05) is 12.1 Å². The number of anilines is 1. The van der Waals surface area contributed by atoms with Gasteiger partial charge in [0.25, 0.3) is 0 Å². The second-order valence-corrected chi connectivity index (χ2v) is 7.26. The highest BCUT2D eigenvalue weighted by Gasteiger charge is 2.38. The van der Waals surface area contributed by atoms with Crippen LogP contribution in [-0.4, -0.2) is 55.5 Å². The second kappa shape index (κ2) is 9.79. The van der Waals surface area contributed by atoms with Gasteiger partial charge in [-0.15, -0.1) is 0 Å². The number of alkyl halides is 3. The topological polar surface area (TPSA) is 108 Å². The number of nitrogens with one attached hydrogen (secondary N) is 2. The normalized spacial score (nSPS) is 21.3. The van der Waals surface area contributed by atoms with Crippen molar-refractivity contribution >= 4 is 23.7 Å². The number of aliphatic carboxylic acids is 1. The third kappa shape index (κ3) is 6.34. The van der Waals surface area contributed by atoms with E-state index in [4.69, 9.17) is 14.6 Å². The third-order valence-corrected chi connectivity index (χ3v) is 4.85. The third-order valence-electron chi connectivity index (χ3n) is 4.85. The summed E-state index contributed by atoms with van der Waals surface area (Å²) in [5, 5.41) is 13.4. The molecule has 2 fully saturated rings. The van der Waals surface area contributed by atoms with Crippen LogP contribution in [0.25, 0.3) is 0 Å². The minimum Gasteiger partial charge on any atom is -0.475 e. The summed E-state index contributed by atoms with van der Waals surface area (Å²) >= 11 is 0. The zero-order valence-electron chi connectivity index (χ0n) is 16.4. The Kier molecular flexibility index (Phi) is 7.65. The summed E-state index contributed by atoms with van der Waals surface area (Å²) < 4.78 is 36.7. The molecule has 2 saturated heterocycles. The Morgan fingerprint density at radius 2 is 1.93 bits per heavy atom. The monoisotopic (exact) mass is 431 g/mol. The number of halogens is 3. The van der Waals surface area contributed by atoms with Crippen LogP contribution >= 0.6 is 0 Å². The van der Waals surface area contributed by atoms with Crippen molar-refractivity contribution in [2.45, 2.75) is 32.5 Å². The van der Waals surface area contributed by atoms with E-state index in [1.54, 1.807) is 4.90 Å². The molecule has 166 valence electrons. The van der Waals surface area contributed by atoms with Crippen LogP contribution in [0.5, 0.6) is 0 Å². The first-order valence-corrected chi connectivity index (χ1v) is 9.35. The maximum absolute atomic E-state index is 12.4. The molecule has 0 aliphatic carbocycles. The van der Waals surface area contributed by atoms with Crippen molar-refractivity contribution in [1.29, 1.82) is 0 Å². The lowest BCUT2D eigenvalue weighted by Crippen LogP contribution is -2.48. The van der Waals surface area contributed by atoms with Crippen LogP contribution in [0.3, 0.4) is 0 Å². The van der Waals surface area contributed by atoms with Crippen molar-refractivity contribution in [3.63, 3.8) is 0 Å². The van der Waals surface area contributed by atoms with E-state index < -0.39 is 12.1 Å². The summed E-state index contributed by atoms with van der Waals surface area (Å²) in [7, 11) is 0. The van der Waals surface area contributed by atoms with Gasteiger partial charge in [0.2, 0.25) is 5.91 Å². The van der Waals surface area contributed by atoms with Crippen LogP contribution in [0, 0.1) is 5.41 Å². The van der Waals surface area contributed by atoms with Crippen molar-refractivity contribution < 1.29 is 37.4 Å². The molecule has 2 amide bonds. The number of carbonyl (C=O) groups is 3. The van der Waals surface area contributed by atoms with Gasteiger partial charge in [0.15, 0.2) is 0 Å². The predicted octanol–water partition coefficient (Wildman–Crippen LogP) is 2.28. The number of carboxylic acids is 1. The van der Waals surface area contributed by atoms with Gasteiger partial charge in [0.05, 0.1) is 12.0 Å². The average molecular weight is 431 g/mol. The Labute approximate surface area is 171 Å². The molecule has 3 rings (SSSR count). The van der Waals surface area contributed by atoms with Crippen LogP contribution in [0.15, 0.2) is 24.3 Å². The van der Waals surface area contributed by atoms with Gasteiger partial charge < -0.3 is 20.5 Å². The fraction of sp³-hybridized carbons (Fsp3) is 0.526. The van der Waals surface area contributed by atoms with Crippen molar-refractivity contribution in [3.8, 4) is 0 Å². The Bertz CT molecular complexity index is 762. The van der Waals surface area contributed by atoms with E-state index in [0.29, 0.717) is 19.7 Å².